The number of hydrogen-bond acceptors (Lipinski definition) is 7. The number of nitrogens with one attached hydrogen (secondary N) is 1. The molecule has 2 aliphatic heterocycles. The third-order valence-corrected chi connectivity index (χ3v) is 8.70. The molecule has 3 aliphatic rings. The maximum Gasteiger partial charge on any atom is 0.343 e. The van der Waals surface area contributed by atoms with Gasteiger partial charge in [-0.15, -0.1) is 0 Å². The molecule has 0 bridgehead atoms. The Hall–Kier alpha value is -3.27. The Balaban J connectivity index is 1.65. The van der Waals surface area contributed by atoms with Crippen LogP contribution in [0.15, 0.2) is 16.9 Å². The van der Waals surface area contributed by atoms with Crippen LogP contribution in [-0.4, -0.2) is 38.7 Å². The first-order valence-corrected chi connectivity index (χ1v) is 14.0. The summed E-state index contributed by atoms with van der Waals surface area (Å²) >= 11 is 6.63. The fourth-order valence-electron chi connectivity index (χ4n) is 6.62. The molecule has 0 fully saturated rings. The van der Waals surface area contributed by atoms with Crippen molar-refractivity contribution in [1.29, 1.82) is 0 Å². The number of rotatable bonds is 4. The summed E-state index contributed by atoms with van der Waals surface area (Å²) < 4.78 is 13.6. The zero-order chi connectivity index (χ0) is 28.7. The molecule has 0 saturated carbocycles. The number of halogens is 1. The molecule has 1 aromatic carbocycles. The lowest BCUT2D eigenvalue weighted by atomic mass is 9.81. The van der Waals surface area contributed by atoms with Crippen molar-refractivity contribution in [2.45, 2.75) is 84.3 Å². The van der Waals surface area contributed by atoms with Crippen LogP contribution in [0.3, 0.4) is 0 Å². The van der Waals surface area contributed by atoms with E-state index in [0.717, 1.165) is 27.6 Å². The van der Waals surface area contributed by atoms with Crippen LogP contribution in [0.25, 0.3) is 22.3 Å². The van der Waals surface area contributed by atoms with E-state index in [0.29, 0.717) is 45.9 Å². The van der Waals surface area contributed by atoms with Crippen LogP contribution in [0.4, 0.5) is 0 Å². The Morgan fingerprint density at radius 1 is 1.27 bits per heavy atom. The Labute approximate surface area is 236 Å². The summed E-state index contributed by atoms with van der Waals surface area (Å²) in [5.74, 6) is -0.982. The minimum absolute atomic E-state index is 0.130. The Morgan fingerprint density at radius 3 is 2.70 bits per heavy atom. The number of cyclic esters (lactones) is 1. The van der Waals surface area contributed by atoms with Crippen molar-refractivity contribution in [2.75, 3.05) is 6.61 Å². The summed E-state index contributed by atoms with van der Waals surface area (Å²) in [5, 5.41) is 14.0. The molecule has 210 valence electrons. The van der Waals surface area contributed by atoms with Gasteiger partial charge in [-0.1, -0.05) is 18.5 Å². The summed E-state index contributed by atoms with van der Waals surface area (Å²) in [7, 11) is 0. The molecule has 0 spiro atoms. The van der Waals surface area contributed by atoms with Gasteiger partial charge in [-0.2, -0.15) is 0 Å². The van der Waals surface area contributed by atoms with Crippen LogP contribution >= 0.6 is 11.6 Å². The lowest BCUT2D eigenvalue weighted by Crippen LogP contribution is -2.49. The molecule has 9 nitrogen and oxygen atoms in total. The second-order valence-electron chi connectivity index (χ2n) is 11.8. The molecule has 2 atom stereocenters. The van der Waals surface area contributed by atoms with Gasteiger partial charge >= 0.3 is 5.97 Å². The van der Waals surface area contributed by atoms with E-state index in [1.165, 1.54) is 0 Å². The highest BCUT2D eigenvalue weighted by Gasteiger charge is 2.50. The molecule has 4 heterocycles. The smallest absolute Gasteiger partial charge is 0.343 e. The summed E-state index contributed by atoms with van der Waals surface area (Å²) in [6.45, 7) is 8.93. The first kappa shape index (κ1) is 26.9. The fraction of sp³-hybridized carbons (Fsp3) is 0.467. The Bertz CT molecular complexity index is 1690. The van der Waals surface area contributed by atoms with Crippen molar-refractivity contribution in [3.8, 4) is 11.4 Å². The predicted octanol–water partition coefficient (Wildman–Crippen LogP) is 3.96. The molecular formula is C30H32ClN3O6. The number of esters is 1. The van der Waals surface area contributed by atoms with Gasteiger partial charge in [0.25, 0.3) is 5.56 Å². The molecule has 40 heavy (non-hydrogen) atoms. The molecule has 6 rings (SSSR count). The quantitative estimate of drug-likeness (QED) is 0.359. The molecule has 1 amide bonds. The number of aliphatic hydroxyl groups excluding tert-OH is 1. The minimum Gasteiger partial charge on any atom is -0.458 e. The van der Waals surface area contributed by atoms with Gasteiger partial charge in [0, 0.05) is 21.5 Å². The van der Waals surface area contributed by atoms with Crippen molar-refractivity contribution < 1.29 is 24.2 Å². The van der Waals surface area contributed by atoms with Crippen LogP contribution in [0.5, 0.6) is 0 Å². The molecule has 0 radical (unpaired) electrons. The monoisotopic (exact) mass is 565 g/mol. The molecule has 0 unspecified atom stereocenters. The van der Waals surface area contributed by atoms with E-state index in [2.05, 4.69) is 5.32 Å². The predicted molar refractivity (Wildman–Crippen MR) is 149 cm³/mol. The molecule has 3 aromatic rings. The van der Waals surface area contributed by atoms with Gasteiger partial charge < -0.3 is 24.5 Å². The molecular weight excluding hydrogens is 534 g/mol. The van der Waals surface area contributed by atoms with Gasteiger partial charge in [0.2, 0.25) is 5.91 Å². The van der Waals surface area contributed by atoms with Gasteiger partial charge in [-0.3, -0.25) is 9.59 Å². The topological polar surface area (TPSA) is 120 Å². The highest BCUT2D eigenvalue weighted by atomic mass is 35.5. The average molecular weight is 566 g/mol. The van der Waals surface area contributed by atoms with Crippen LogP contribution in [0.2, 0.25) is 5.02 Å². The van der Waals surface area contributed by atoms with Gasteiger partial charge in [-0.05, 0) is 75.8 Å². The molecule has 2 N–H and O–H groups in total. The number of hydrogen-bond donors (Lipinski definition) is 2. The van der Waals surface area contributed by atoms with Crippen molar-refractivity contribution >= 4 is 34.4 Å². The number of carbonyl (C=O) groups is 2. The number of carbonyl (C=O) groups excluding carboxylic acids is 2. The van der Waals surface area contributed by atoms with Crippen LogP contribution in [-0.2, 0) is 44.2 Å². The van der Waals surface area contributed by atoms with E-state index in [9.17, 15) is 19.5 Å². The highest BCUT2D eigenvalue weighted by Crippen LogP contribution is 2.47. The Kier molecular flexibility index (Phi) is 6.14. The van der Waals surface area contributed by atoms with E-state index < -0.39 is 29.7 Å². The number of fused-ring (bicyclic) bond motifs is 5. The van der Waals surface area contributed by atoms with Crippen molar-refractivity contribution in [3.05, 3.63) is 60.9 Å². The summed E-state index contributed by atoms with van der Waals surface area (Å²) in [6, 6.07) is 3.31. The first-order valence-electron chi connectivity index (χ1n) is 13.6. The third kappa shape index (κ3) is 3.82. The molecule has 0 saturated heterocycles. The van der Waals surface area contributed by atoms with Crippen LogP contribution < -0.4 is 10.9 Å². The third-order valence-electron chi connectivity index (χ3n) is 8.30. The lowest BCUT2D eigenvalue weighted by molar-refractivity contribution is -0.200. The van der Waals surface area contributed by atoms with E-state index in [-0.39, 0.29) is 31.2 Å². The van der Waals surface area contributed by atoms with E-state index in [1.807, 2.05) is 46.8 Å². The second kappa shape index (κ2) is 9.12. The fourth-order valence-corrected chi connectivity index (χ4v) is 6.84. The maximum atomic E-state index is 14.0. The molecule has 1 aliphatic carbocycles. The second-order valence-corrected chi connectivity index (χ2v) is 12.2. The van der Waals surface area contributed by atoms with Gasteiger partial charge in [0.15, 0.2) is 5.60 Å². The summed E-state index contributed by atoms with van der Waals surface area (Å²) in [6.07, 6.45) is 1.60. The largest absolute Gasteiger partial charge is 0.458 e. The molecule has 2 aromatic heterocycles. The number of aryl methyl sites for hydroxylation is 1. The first-order chi connectivity index (χ1) is 18.9. The number of benzene rings is 1. The lowest BCUT2D eigenvalue weighted by Gasteiger charge is -2.40. The number of nitrogens with zero attached hydrogens (tertiary/aromatic N) is 2. The van der Waals surface area contributed by atoms with E-state index in [4.69, 9.17) is 26.1 Å². The zero-order valence-electron chi connectivity index (χ0n) is 23.2. The maximum absolute atomic E-state index is 14.0. The van der Waals surface area contributed by atoms with Gasteiger partial charge in [0.1, 0.15) is 13.2 Å². The van der Waals surface area contributed by atoms with Crippen molar-refractivity contribution in [2.24, 2.45) is 0 Å². The van der Waals surface area contributed by atoms with Crippen LogP contribution in [0, 0.1) is 6.92 Å². The van der Waals surface area contributed by atoms with Gasteiger partial charge in [0.05, 0.1) is 40.7 Å². The number of ether oxygens (including phenoxy) is 2. The van der Waals surface area contributed by atoms with Crippen molar-refractivity contribution in [1.82, 2.24) is 14.9 Å². The van der Waals surface area contributed by atoms with Crippen LogP contribution in [0.1, 0.15) is 80.0 Å². The number of aliphatic hydroxyl groups is 1. The van der Waals surface area contributed by atoms with E-state index in [1.54, 1.807) is 4.57 Å². The minimum atomic E-state index is -1.43. The average Bonchev–Trinajstić information content (AvgIpc) is 3.27. The number of aromatic nitrogens is 2. The van der Waals surface area contributed by atoms with Gasteiger partial charge in [-0.25, -0.2) is 9.78 Å². The number of amides is 1. The van der Waals surface area contributed by atoms with Crippen molar-refractivity contribution in [3.63, 3.8) is 0 Å². The van der Waals surface area contributed by atoms with E-state index >= 15 is 0 Å². The molecule has 10 heteroatoms. The normalized spacial score (nSPS) is 21.1. The summed E-state index contributed by atoms with van der Waals surface area (Å²) in [4.78, 5) is 44.6. The standard InChI is InChI=1S/C30H32ClN3O6/c1-6-30(40-29(3,4)5)18-9-22-26-16(11-34(22)27(37)17(18)13-39-28(30)38)25-20(32-23(36)12-35)8-7-15-14(2)19(31)10-21(33-26)24(15)25/h9-10,20,35H,6-8,11-13H2,1-5H3,(H,32,36)/t20-,30-/m0/s1. The highest BCUT2D eigenvalue weighted by molar-refractivity contribution is 6.32. The zero-order valence-corrected chi connectivity index (χ0v) is 24.0. The SMILES string of the molecule is CC[C@@]1(OC(C)(C)C)C(=O)OCc2c1cc1n(c2=O)Cc2c-1nc1cc(Cl)c(C)c3c1c2[C@@H](NC(=O)CO)CC3. The Morgan fingerprint density at radius 2 is 2.02 bits per heavy atom. The summed E-state index contributed by atoms with van der Waals surface area (Å²) in [5.41, 5.74) is 4.17. The number of pyridine rings is 2.